The standard InChI is InChI=1S/C11H14BrN5/c1-3-9-15-10(4-2)17(16-9)11-7(12)5-14-6-8(11)13/h5-6H,3-4,13H2,1-2H3. The van der Waals surface area contributed by atoms with E-state index in [-0.39, 0.29) is 0 Å². The Bertz CT molecular complexity index is 514. The molecule has 0 aromatic carbocycles. The first-order valence-corrected chi connectivity index (χ1v) is 6.30. The number of aromatic nitrogens is 4. The predicted molar refractivity (Wildman–Crippen MR) is 70.0 cm³/mol. The lowest BCUT2D eigenvalue weighted by Crippen LogP contribution is -2.07. The van der Waals surface area contributed by atoms with Crippen molar-refractivity contribution in [2.75, 3.05) is 5.73 Å². The molecule has 2 N–H and O–H groups in total. The molecular formula is C11H14BrN5. The third-order valence-electron chi connectivity index (χ3n) is 2.46. The van der Waals surface area contributed by atoms with E-state index < -0.39 is 0 Å². The van der Waals surface area contributed by atoms with E-state index >= 15 is 0 Å². The van der Waals surface area contributed by atoms with E-state index in [4.69, 9.17) is 5.73 Å². The molecule has 2 aromatic rings. The Hall–Kier alpha value is -1.43. The van der Waals surface area contributed by atoms with Gasteiger partial charge >= 0.3 is 0 Å². The molecule has 2 rings (SSSR count). The quantitative estimate of drug-likeness (QED) is 0.942. The normalized spacial score (nSPS) is 10.8. The first-order chi connectivity index (χ1) is 8.17. The minimum atomic E-state index is 0.585. The van der Waals surface area contributed by atoms with Crippen LogP contribution in [-0.4, -0.2) is 19.7 Å². The van der Waals surface area contributed by atoms with E-state index in [0.29, 0.717) is 5.69 Å². The van der Waals surface area contributed by atoms with Crippen molar-refractivity contribution in [3.63, 3.8) is 0 Å². The zero-order chi connectivity index (χ0) is 12.4. The minimum Gasteiger partial charge on any atom is -0.396 e. The van der Waals surface area contributed by atoms with Crippen LogP contribution in [0.3, 0.4) is 0 Å². The van der Waals surface area contributed by atoms with Crippen LogP contribution in [0.25, 0.3) is 5.69 Å². The van der Waals surface area contributed by atoms with Gasteiger partial charge in [0.2, 0.25) is 0 Å². The molecular weight excluding hydrogens is 282 g/mol. The number of hydrogen-bond acceptors (Lipinski definition) is 4. The van der Waals surface area contributed by atoms with Gasteiger partial charge in [0.15, 0.2) is 5.82 Å². The van der Waals surface area contributed by atoms with E-state index in [1.807, 2.05) is 13.8 Å². The summed E-state index contributed by atoms with van der Waals surface area (Å²) < 4.78 is 2.61. The van der Waals surface area contributed by atoms with Crippen LogP contribution >= 0.6 is 15.9 Å². The lowest BCUT2D eigenvalue weighted by atomic mass is 10.3. The van der Waals surface area contributed by atoms with Gasteiger partial charge in [-0.1, -0.05) is 13.8 Å². The van der Waals surface area contributed by atoms with E-state index in [9.17, 15) is 0 Å². The summed E-state index contributed by atoms with van der Waals surface area (Å²) in [5, 5.41) is 4.46. The van der Waals surface area contributed by atoms with Crippen LogP contribution in [0.4, 0.5) is 5.69 Å². The topological polar surface area (TPSA) is 69.6 Å². The second-order valence-electron chi connectivity index (χ2n) is 3.62. The maximum atomic E-state index is 5.95. The monoisotopic (exact) mass is 295 g/mol. The third-order valence-corrected chi connectivity index (χ3v) is 3.04. The lowest BCUT2D eigenvalue weighted by Gasteiger charge is -2.09. The molecule has 0 saturated heterocycles. The molecule has 2 heterocycles. The van der Waals surface area contributed by atoms with Crippen LogP contribution in [0.15, 0.2) is 16.9 Å². The van der Waals surface area contributed by atoms with Gasteiger partial charge in [-0.05, 0) is 15.9 Å². The van der Waals surface area contributed by atoms with Crippen molar-refractivity contribution in [2.24, 2.45) is 0 Å². The Labute approximate surface area is 108 Å². The SMILES string of the molecule is CCc1nc(CC)n(-c2c(N)cncc2Br)n1. The summed E-state index contributed by atoms with van der Waals surface area (Å²) in [5.74, 6) is 1.73. The largest absolute Gasteiger partial charge is 0.396 e. The van der Waals surface area contributed by atoms with Crippen LogP contribution < -0.4 is 5.73 Å². The minimum absolute atomic E-state index is 0.585. The summed E-state index contributed by atoms with van der Waals surface area (Å²) in [6.45, 7) is 4.08. The molecule has 0 aliphatic heterocycles. The lowest BCUT2D eigenvalue weighted by molar-refractivity contribution is 0.788. The van der Waals surface area contributed by atoms with Crippen molar-refractivity contribution >= 4 is 21.6 Å². The maximum Gasteiger partial charge on any atom is 0.151 e. The summed E-state index contributed by atoms with van der Waals surface area (Å²) in [4.78, 5) is 8.48. The van der Waals surface area contributed by atoms with Gasteiger partial charge in [0.05, 0.1) is 16.4 Å². The van der Waals surface area contributed by atoms with E-state index in [1.165, 1.54) is 0 Å². The first kappa shape index (κ1) is 12.0. The second kappa shape index (κ2) is 4.83. The number of pyridine rings is 1. The zero-order valence-corrected chi connectivity index (χ0v) is 11.4. The van der Waals surface area contributed by atoms with Crippen LogP contribution in [0.5, 0.6) is 0 Å². The number of nitrogen functional groups attached to an aromatic ring is 1. The summed E-state index contributed by atoms with van der Waals surface area (Å²) in [7, 11) is 0. The van der Waals surface area contributed by atoms with Gasteiger partial charge in [-0.3, -0.25) is 4.98 Å². The van der Waals surface area contributed by atoms with Crippen molar-refractivity contribution in [3.05, 3.63) is 28.5 Å². The van der Waals surface area contributed by atoms with Crippen molar-refractivity contribution in [1.29, 1.82) is 0 Å². The Morgan fingerprint density at radius 1 is 1.29 bits per heavy atom. The highest BCUT2D eigenvalue weighted by Gasteiger charge is 2.14. The molecule has 90 valence electrons. The smallest absolute Gasteiger partial charge is 0.151 e. The summed E-state index contributed by atoms with van der Waals surface area (Å²) in [5.41, 5.74) is 7.34. The molecule has 0 radical (unpaired) electrons. The fraction of sp³-hybridized carbons (Fsp3) is 0.364. The number of hydrogen-bond donors (Lipinski definition) is 1. The molecule has 0 bridgehead atoms. The molecule has 0 spiro atoms. The molecule has 6 heteroatoms. The Morgan fingerprint density at radius 3 is 2.65 bits per heavy atom. The van der Waals surface area contributed by atoms with Gasteiger partial charge in [-0.2, -0.15) is 5.10 Å². The van der Waals surface area contributed by atoms with Crippen LogP contribution in [-0.2, 0) is 12.8 Å². The molecule has 0 fully saturated rings. The van der Waals surface area contributed by atoms with E-state index in [2.05, 4.69) is 31.0 Å². The molecule has 0 aliphatic rings. The average Bonchev–Trinajstić information content (AvgIpc) is 2.72. The number of aryl methyl sites for hydroxylation is 2. The fourth-order valence-corrected chi connectivity index (χ4v) is 2.13. The highest BCUT2D eigenvalue weighted by molar-refractivity contribution is 9.10. The molecule has 17 heavy (non-hydrogen) atoms. The molecule has 0 amide bonds. The predicted octanol–water partition coefficient (Wildman–Crippen LogP) is 2.13. The van der Waals surface area contributed by atoms with Gasteiger partial charge in [0, 0.05) is 19.0 Å². The Morgan fingerprint density at radius 2 is 2.06 bits per heavy atom. The van der Waals surface area contributed by atoms with Gasteiger partial charge in [-0.25, -0.2) is 9.67 Å². The number of nitrogens with two attached hydrogens (primary N) is 1. The zero-order valence-electron chi connectivity index (χ0n) is 9.81. The fourth-order valence-electron chi connectivity index (χ4n) is 1.62. The van der Waals surface area contributed by atoms with Crippen LogP contribution in [0.2, 0.25) is 0 Å². The molecule has 0 atom stereocenters. The summed E-state index contributed by atoms with van der Waals surface area (Å²) in [6.07, 6.45) is 4.94. The molecule has 0 saturated carbocycles. The molecule has 0 aliphatic carbocycles. The number of rotatable bonds is 3. The molecule has 5 nitrogen and oxygen atoms in total. The highest BCUT2D eigenvalue weighted by Crippen LogP contribution is 2.26. The van der Waals surface area contributed by atoms with Gasteiger partial charge in [0.1, 0.15) is 11.5 Å². The van der Waals surface area contributed by atoms with Crippen LogP contribution in [0.1, 0.15) is 25.5 Å². The number of halogens is 1. The number of anilines is 1. The van der Waals surface area contributed by atoms with Crippen molar-refractivity contribution in [3.8, 4) is 5.69 Å². The van der Waals surface area contributed by atoms with Crippen molar-refractivity contribution in [2.45, 2.75) is 26.7 Å². The average molecular weight is 296 g/mol. The maximum absolute atomic E-state index is 5.95. The van der Waals surface area contributed by atoms with Crippen molar-refractivity contribution < 1.29 is 0 Å². The van der Waals surface area contributed by atoms with E-state index in [0.717, 1.165) is 34.7 Å². The molecule has 0 unspecified atom stereocenters. The van der Waals surface area contributed by atoms with Gasteiger partial charge < -0.3 is 5.73 Å². The first-order valence-electron chi connectivity index (χ1n) is 5.51. The van der Waals surface area contributed by atoms with Crippen LogP contribution in [0, 0.1) is 0 Å². The molecule has 2 aromatic heterocycles. The summed E-state index contributed by atoms with van der Waals surface area (Å²) >= 11 is 3.45. The van der Waals surface area contributed by atoms with Crippen molar-refractivity contribution in [1.82, 2.24) is 19.7 Å². The summed E-state index contributed by atoms with van der Waals surface area (Å²) in [6, 6.07) is 0. The Balaban J connectivity index is 2.63. The van der Waals surface area contributed by atoms with E-state index in [1.54, 1.807) is 17.1 Å². The highest BCUT2D eigenvalue weighted by atomic mass is 79.9. The Kier molecular flexibility index (Phi) is 3.42. The van der Waals surface area contributed by atoms with Gasteiger partial charge in [-0.15, -0.1) is 0 Å². The number of nitrogens with zero attached hydrogens (tertiary/aromatic N) is 4. The van der Waals surface area contributed by atoms with Gasteiger partial charge in [0.25, 0.3) is 0 Å². The third kappa shape index (κ3) is 2.17. The second-order valence-corrected chi connectivity index (χ2v) is 4.48.